The number of aromatic carboxylic acids is 2. The molecule has 0 spiro atoms. The van der Waals surface area contributed by atoms with Crippen LogP contribution in [-0.2, 0) is 6.42 Å². The van der Waals surface area contributed by atoms with Crippen LogP contribution >= 0.6 is 0 Å². The Morgan fingerprint density at radius 1 is 0.564 bits per heavy atom. The molecular formula is C27H18N6O6. The molecule has 0 aliphatic rings. The Kier molecular flexibility index (Phi) is 5.42. The van der Waals surface area contributed by atoms with Crippen molar-refractivity contribution in [3.8, 4) is 22.9 Å². The molecule has 2 aromatic heterocycles. The van der Waals surface area contributed by atoms with E-state index in [1.807, 2.05) is 0 Å². The van der Waals surface area contributed by atoms with Crippen LogP contribution in [0.2, 0.25) is 0 Å². The molecule has 12 nitrogen and oxygen atoms in total. The van der Waals surface area contributed by atoms with Gasteiger partial charge in [-0.15, -0.1) is 30.0 Å². The number of fused-ring (bicyclic) bond motifs is 2. The first kappa shape index (κ1) is 23.6. The molecule has 0 fully saturated rings. The Balaban J connectivity index is 1.52. The lowest BCUT2D eigenvalue weighted by molar-refractivity contribution is 0.0686. The third kappa shape index (κ3) is 3.96. The van der Waals surface area contributed by atoms with Gasteiger partial charge in [-0.1, -0.05) is 24.3 Å². The molecule has 0 radical (unpaired) electrons. The molecule has 192 valence electrons. The standard InChI is InChI=1S/C27H18N6O6/c34-24-16(14(26(36)37)9-11-22(24)32-28-18-5-1-2-6-19(18)29-32)13-17-15(27(38)39)10-12-23(25(17)35)33-30-20-7-3-4-8-21(20)31-33/h1-12,34-35H,13H2,(H,36,37)(H,38,39). The molecule has 4 aromatic carbocycles. The Morgan fingerprint density at radius 2 is 0.897 bits per heavy atom. The molecule has 0 bridgehead atoms. The van der Waals surface area contributed by atoms with Crippen LogP contribution in [0.15, 0.2) is 72.8 Å². The number of hydrogen-bond acceptors (Lipinski definition) is 8. The number of carbonyl (C=O) groups is 2. The summed E-state index contributed by atoms with van der Waals surface area (Å²) in [5.41, 5.74) is 1.56. The smallest absolute Gasteiger partial charge is 0.336 e. The molecule has 4 N–H and O–H groups in total. The lowest BCUT2D eigenvalue weighted by Gasteiger charge is -2.16. The molecule has 0 aliphatic carbocycles. The van der Waals surface area contributed by atoms with Crippen LogP contribution in [0.3, 0.4) is 0 Å². The van der Waals surface area contributed by atoms with Crippen LogP contribution in [0.4, 0.5) is 0 Å². The highest BCUT2D eigenvalue weighted by molar-refractivity contribution is 5.93. The number of hydrogen-bond donors (Lipinski definition) is 4. The van der Waals surface area contributed by atoms with Crippen LogP contribution < -0.4 is 0 Å². The number of nitrogens with zero attached hydrogens (tertiary/aromatic N) is 6. The topological polar surface area (TPSA) is 176 Å². The molecule has 0 aliphatic heterocycles. The second-order valence-corrected chi connectivity index (χ2v) is 8.66. The van der Waals surface area contributed by atoms with Crippen LogP contribution in [0.1, 0.15) is 31.8 Å². The minimum absolute atomic E-state index is 0.0821. The average Bonchev–Trinajstić information content (AvgIpc) is 3.54. The monoisotopic (exact) mass is 522 g/mol. The summed E-state index contributed by atoms with van der Waals surface area (Å²) in [6.07, 6.45) is -0.440. The van der Waals surface area contributed by atoms with Crippen LogP contribution in [0.5, 0.6) is 11.5 Å². The Hall–Kier alpha value is -5.78. The average molecular weight is 522 g/mol. The highest BCUT2D eigenvalue weighted by atomic mass is 16.4. The Labute approximate surface area is 218 Å². The lowest BCUT2D eigenvalue weighted by Crippen LogP contribution is -2.11. The molecule has 39 heavy (non-hydrogen) atoms. The highest BCUT2D eigenvalue weighted by Crippen LogP contribution is 2.36. The number of phenols is 2. The largest absolute Gasteiger partial charge is 0.505 e. The molecule has 2 heterocycles. The maximum Gasteiger partial charge on any atom is 0.336 e. The van der Waals surface area contributed by atoms with Gasteiger partial charge in [-0.2, -0.15) is 0 Å². The summed E-state index contributed by atoms with van der Waals surface area (Å²) in [7, 11) is 0. The second kappa shape index (κ2) is 8.95. The SMILES string of the molecule is O=C(O)c1ccc(-n2nc3ccccc3n2)c(O)c1Cc1c(C(=O)O)ccc(-n2nc3ccccc3n2)c1O. The number of aromatic hydroxyl groups is 2. The van der Waals surface area contributed by atoms with Gasteiger partial charge in [-0.05, 0) is 48.5 Å². The summed E-state index contributed by atoms with van der Waals surface area (Å²) in [4.78, 5) is 26.5. The molecule has 0 unspecified atom stereocenters. The van der Waals surface area contributed by atoms with Crippen LogP contribution in [0, 0.1) is 0 Å². The van der Waals surface area contributed by atoms with Crippen molar-refractivity contribution in [3.05, 3.63) is 95.1 Å². The van der Waals surface area contributed by atoms with Crippen molar-refractivity contribution in [2.75, 3.05) is 0 Å². The number of carboxylic acids is 2. The minimum Gasteiger partial charge on any atom is -0.505 e. The van der Waals surface area contributed by atoms with Gasteiger partial charge < -0.3 is 20.4 Å². The lowest BCUT2D eigenvalue weighted by atomic mass is 9.93. The van der Waals surface area contributed by atoms with E-state index in [1.54, 1.807) is 48.5 Å². The molecule has 0 atom stereocenters. The zero-order valence-electron chi connectivity index (χ0n) is 19.9. The fraction of sp³-hybridized carbons (Fsp3) is 0.0370. The minimum atomic E-state index is -1.35. The third-order valence-electron chi connectivity index (χ3n) is 6.34. The van der Waals surface area contributed by atoms with Crippen molar-refractivity contribution >= 4 is 34.0 Å². The molecule has 12 heteroatoms. The van der Waals surface area contributed by atoms with Crippen molar-refractivity contribution in [1.29, 1.82) is 0 Å². The van der Waals surface area contributed by atoms with Gasteiger partial charge in [-0.3, -0.25) is 0 Å². The van der Waals surface area contributed by atoms with Gasteiger partial charge in [-0.25, -0.2) is 9.59 Å². The first-order valence-corrected chi connectivity index (χ1v) is 11.6. The van der Waals surface area contributed by atoms with Gasteiger partial charge in [0.25, 0.3) is 0 Å². The van der Waals surface area contributed by atoms with E-state index in [4.69, 9.17) is 0 Å². The quantitative estimate of drug-likeness (QED) is 0.253. The number of rotatable bonds is 6. The number of aromatic nitrogens is 6. The summed E-state index contributed by atoms with van der Waals surface area (Å²) < 4.78 is 0. The fourth-order valence-electron chi connectivity index (χ4n) is 4.44. The summed E-state index contributed by atoms with van der Waals surface area (Å²) >= 11 is 0. The second-order valence-electron chi connectivity index (χ2n) is 8.66. The molecule has 0 saturated heterocycles. The molecular weight excluding hydrogens is 504 g/mol. The van der Waals surface area contributed by atoms with Gasteiger partial charge in [0.15, 0.2) is 0 Å². The van der Waals surface area contributed by atoms with E-state index >= 15 is 0 Å². The predicted molar refractivity (Wildman–Crippen MR) is 138 cm³/mol. The van der Waals surface area contributed by atoms with Gasteiger partial charge in [0, 0.05) is 17.5 Å². The van der Waals surface area contributed by atoms with Crippen molar-refractivity contribution in [1.82, 2.24) is 30.0 Å². The third-order valence-corrected chi connectivity index (χ3v) is 6.34. The van der Waals surface area contributed by atoms with E-state index in [0.717, 1.165) is 0 Å². The Morgan fingerprint density at radius 3 is 1.21 bits per heavy atom. The summed E-state index contributed by atoms with van der Waals surface area (Å²) in [5, 5.41) is 59.5. The fourth-order valence-corrected chi connectivity index (χ4v) is 4.44. The van der Waals surface area contributed by atoms with Gasteiger partial charge in [0.1, 0.15) is 44.9 Å². The van der Waals surface area contributed by atoms with Crippen molar-refractivity contribution in [3.63, 3.8) is 0 Å². The summed E-state index contributed by atoms with van der Waals surface area (Å²) in [6, 6.07) is 19.3. The van der Waals surface area contributed by atoms with E-state index in [9.17, 15) is 30.0 Å². The van der Waals surface area contributed by atoms with Crippen molar-refractivity contribution in [2.45, 2.75) is 6.42 Å². The van der Waals surface area contributed by atoms with Gasteiger partial charge >= 0.3 is 11.9 Å². The zero-order chi connectivity index (χ0) is 27.3. The Bertz CT molecular complexity index is 1740. The van der Waals surface area contributed by atoms with E-state index in [-0.39, 0.29) is 33.6 Å². The normalized spacial score (nSPS) is 11.3. The van der Waals surface area contributed by atoms with Crippen molar-refractivity contribution < 1.29 is 30.0 Å². The number of benzene rings is 4. The molecule has 6 aromatic rings. The number of phenolic OH excluding ortho intramolecular Hbond substituents is 2. The first-order chi connectivity index (χ1) is 18.8. The van der Waals surface area contributed by atoms with Crippen LogP contribution in [0.25, 0.3) is 33.4 Å². The molecule has 0 saturated carbocycles. The molecule has 6 rings (SSSR count). The van der Waals surface area contributed by atoms with E-state index in [2.05, 4.69) is 20.4 Å². The maximum absolute atomic E-state index is 12.1. The van der Waals surface area contributed by atoms with Crippen molar-refractivity contribution in [2.24, 2.45) is 0 Å². The predicted octanol–water partition coefficient (Wildman–Crippen LogP) is 3.55. The van der Waals surface area contributed by atoms with E-state index in [0.29, 0.717) is 22.1 Å². The van der Waals surface area contributed by atoms with Gasteiger partial charge in [0.2, 0.25) is 0 Å². The summed E-state index contributed by atoms with van der Waals surface area (Å²) in [6.45, 7) is 0. The van der Waals surface area contributed by atoms with Gasteiger partial charge in [0.05, 0.1) is 11.1 Å². The summed E-state index contributed by atoms with van der Waals surface area (Å²) in [5.74, 6) is -3.64. The number of carboxylic acid groups (broad SMARTS) is 2. The maximum atomic E-state index is 12.1. The highest BCUT2D eigenvalue weighted by Gasteiger charge is 2.25. The van der Waals surface area contributed by atoms with E-state index in [1.165, 1.54) is 33.9 Å². The van der Waals surface area contributed by atoms with E-state index < -0.39 is 29.9 Å². The zero-order valence-corrected chi connectivity index (χ0v) is 19.9. The first-order valence-electron chi connectivity index (χ1n) is 11.6. The van der Waals surface area contributed by atoms with Crippen LogP contribution in [-0.4, -0.2) is 62.4 Å². The molecule has 0 amide bonds.